The van der Waals surface area contributed by atoms with Crippen molar-refractivity contribution >= 4 is 17.3 Å². The van der Waals surface area contributed by atoms with E-state index < -0.39 is 5.97 Å². The van der Waals surface area contributed by atoms with E-state index in [9.17, 15) is 9.90 Å². The van der Waals surface area contributed by atoms with E-state index in [2.05, 4.69) is 4.98 Å². The molecule has 0 amide bonds. The Labute approximate surface area is 126 Å². The molecule has 6 heteroatoms. The molecule has 110 valence electrons. The van der Waals surface area contributed by atoms with Crippen molar-refractivity contribution in [3.63, 3.8) is 0 Å². The highest BCUT2D eigenvalue weighted by molar-refractivity contribution is 7.15. The molecule has 21 heavy (non-hydrogen) atoms. The van der Waals surface area contributed by atoms with Gasteiger partial charge in [-0.1, -0.05) is 0 Å². The zero-order valence-corrected chi connectivity index (χ0v) is 12.4. The molecule has 2 heterocycles. The summed E-state index contributed by atoms with van der Waals surface area (Å²) in [6.45, 7) is 3.17. The van der Waals surface area contributed by atoms with Gasteiger partial charge in [0.15, 0.2) is 5.69 Å². The maximum absolute atomic E-state index is 11.2. The van der Waals surface area contributed by atoms with Crippen LogP contribution >= 0.6 is 11.3 Å². The average Bonchev–Trinajstić information content (AvgIpc) is 3.09. The summed E-state index contributed by atoms with van der Waals surface area (Å²) in [7, 11) is 0. The summed E-state index contributed by atoms with van der Waals surface area (Å²) in [5, 5.41) is 9.93. The van der Waals surface area contributed by atoms with Crippen LogP contribution in [0.2, 0.25) is 0 Å². The number of aromatic nitrogens is 1. The lowest BCUT2D eigenvalue weighted by atomic mass is 10.1. The van der Waals surface area contributed by atoms with E-state index in [0.29, 0.717) is 11.5 Å². The fourth-order valence-corrected chi connectivity index (χ4v) is 3.17. The van der Waals surface area contributed by atoms with Gasteiger partial charge in [-0.25, -0.2) is 9.78 Å². The third-order valence-electron chi connectivity index (χ3n) is 3.24. The number of rotatable bonds is 4. The second kappa shape index (κ2) is 5.83. The Hall–Kier alpha value is -1.92. The van der Waals surface area contributed by atoms with Crippen LogP contribution in [0.25, 0.3) is 10.4 Å². The molecule has 1 unspecified atom stereocenters. The molecule has 1 aliphatic rings. The van der Waals surface area contributed by atoms with Crippen LogP contribution in [0, 0.1) is 6.92 Å². The minimum atomic E-state index is -1.00. The van der Waals surface area contributed by atoms with Crippen LogP contribution < -0.4 is 4.74 Å². The molecule has 0 radical (unpaired) electrons. The van der Waals surface area contributed by atoms with Gasteiger partial charge in [0.2, 0.25) is 0 Å². The Morgan fingerprint density at radius 2 is 2.19 bits per heavy atom. The van der Waals surface area contributed by atoms with E-state index in [1.807, 2.05) is 24.3 Å². The summed E-state index contributed by atoms with van der Waals surface area (Å²) < 4.78 is 11.1. The van der Waals surface area contributed by atoms with Crippen molar-refractivity contribution in [3.05, 3.63) is 35.0 Å². The molecule has 0 saturated carbocycles. The van der Waals surface area contributed by atoms with Gasteiger partial charge in [0.25, 0.3) is 0 Å². The van der Waals surface area contributed by atoms with Gasteiger partial charge in [-0.15, -0.1) is 11.3 Å². The molecule has 1 N–H and O–H groups in total. The molecule has 1 aromatic heterocycles. The Morgan fingerprint density at radius 1 is 1.43 bits per heavy atom. The van der Waals surface area contributed by atoms with Crippen LogP contribution in [0.3, 0.4) is 0 Å². The molecule has 3 rings (SSSR count). The molecule has 1 aliphatic heterocycles. The number of thiazole rings is 1. The van der Waals surface area contributed by atoms with Gasteiger partial charge in [0.05, 0.1) is 23.1 Å². The van der Waals surface area contributed by atoms with Crippen molar-refractivity contribution in [2.45, 2.75) is 19.4 Å². The number of ether oxygens (including phenoxy) is 2. The number of carboxylic acids is 1. The summed E-state index contributed by atoms with van der Waals surface area (Å²) in [6.07, 6.45) is 1.01. The number of hydrogen-bond donors (Lipinski definition) is 1. The van der Waals surface area contributed by atoms with Crippen molar-refractivity contribution in [3.8, 4) is 16.2 Å². The third kappa shape index (κ3) is 3.06. The van der Waals surface area contributed by atoms with E-state index in [0.717, 1.165) is 29.3 Å². The van der Waals surface area contributed by atoms with Crippen LogP contribution in [0.1, 0.15) is 21.9 Å². The molecule has 5 nitrogen and oxygen atoms in total. The summed E-state index contributed by atoms with van der Waals surface area (Å²) >= 11 is 1.38. The standard InChI is InChI=1S/C15H15NO4S/c1-9-16-13(15(17)18)14(21-9)10-2-4-11(5-3-10)20-12-6-7-19-8-12/h2-5,12H,6-8H2,1H3,(H,17,18). The van der Waals surface area contributed by atoms with Gasteiger partial charge >= 0.3 is 5.97 Å². The van der Waals surface area contributed by atoms with Crippen LogP contribution in [-0.4, -0.2) is 35.4 Å². The van der Waals surface area contributed by atoms with E-state index in [1.165, 1.54) is 11.3 Å². The van der Waals surface area contributed by atoms with Gasteiger partial charge < -0.3 is 14.6 Å². The van der Waals surface area contributed by atoms with Crippen molar-refractivity contribution in [1.82, 2.24) is 4.98 Å². The number of hydrogen-bond acceptors (Lipinski definition) is 5. The molecular formula is C15H15NO4S. The molecule has 1 saturated heterocycles. The molecule has 0 spiro atoms. The van der Waals surface area contributed by atoms with Crippen LogP contribution in [0.5, 0.6) is 5.75 Å². The fourth-order valence-electron chi connectivity index (χ4n) is 2.25. The maximum Gasteiger partial charge on any atom is 0.356 e. The Bertz CT molecular complexity index is 644. The lowest BCUT2D eigenvalue weighted by Gasteiger charge is -2.11. The first-order chi connectivity index (χ1) is 10.1. The second-order valence-electron chi connectivity index (χ2n) is 4.84. The lowest BCUT2D eigenvalue weighted by Crippen LogP contribution is -2.15. The van der Waals surface area contributed by atoms with E-state index in [-0.39, 0.29) is 11.8 Å². The van der Waals surface area contributed by atoms with Gasteiger partial charge in [-0.05, 0) is 36.8 Å². The van der Waals surface area contributed by atoms with Gasteiger partial charge in [0, 0.05) is 6.42 Å². The Kier molecular flexibility index (Phi) is 3.90. The zero-order valence-electron chi connectivity index (χ0n) is 11.5. The molecule has 2 aromatic rings. The Balaban J connectivity index is 1.82. The molecule has 0 aliphatic carbocycles. The van der Waals surface area contributed by atoms with Crippen molar-refractivity contribution < 1.29 is 19.4 Å². The number of aryl methyl sites for hydroxylation is 1. The molecule has 1 aromatic carbocycles. The van der Waals surface area contributed by atoms with Gasteiger partial charge in [-0.2, -0.15) is 0 Å². The molecular weight excluding hydrogens is 290 g/mol. The SMILES string of the molecule is Cc1nc(C(=O)O)c(-c2ccc(OC3CCOC3)cc2)s1. The van der Waals surface area contributed by atoms with E-state index in [4.69, 9.17) is 9.47 Å². The second-order valence-corrected chi connectivity index (χ2v) is 6.05. The highest BCUT2D eigenvalue weighted by Crippen LogP contribution is 2.31. The predicted octanol–water partition coefficient (Wildman–Crippen LogP) is 2.98. The first kappa shape index (κ1) is 14.0. The number of nitrogens with zero attached hydrogens (tertiary/aromatic N) is 1. The zero-order chi connectivity index (χ0) is 14.8. The summed E-state index contributed by atoms with van der Waals surface area (Å²) in [5.41, 5.74) is 0.948. The van der Waals surface area contributed by atoms with E-state index in [1.54, 1.807) is 6.92 Å². The maximum atomic E-state index is 11.2. The summed E-state index contributed by atoms with van der Waals surface area (Å²) in [5.74, 6) is -0.231. The number of carboxylic acid groups (broad SMARTS) is 1. The number of carbonyl (C=O) groups is 1. The number of benzene rings is 1. The van der Waals surface area contributed by atoms with Gasteiger partial charge in [-0.3, -0.25) is 0 Å². The lowest BCUT2D eigenvalue weighted by molar-refractivity contribution is 0.0692. The van der Waals surface area contributed by atoms with Crippen LogP contribution in [0.15, 0.2) is 24.3 Å². The van der Waals surface area contributed by atoms with Crippen LogP contribution in [-0.2, 0) is 4.74 Å². The highest BCUT2D eigenvalue weighted by atomic mass is 32.1. The smallest absolute Gasteiger partial charge is 0.356 e. The van der Waals surface area contributed by atoms with Crippen molar-refractivity contribution in [2.75, 3.05) is 13.2 Å². The van der Waals surface area contributed by atoms with E-state index >= 15 is 0 Å². The normalized spacial score (nSPS) is 17.9. The third-order valence-corrected chi connectivity index (χ3v) is 4.26. The molecule has 1 fully saturated rings. The first-order valence-corrected chi connectivity index (χ1v) is 7.50. The van der Waals surface area contributed by atoms with Gasteiger partial charge in [0.1, 0.15) is 11.9 Å². The van der Waals surface area contributed by atoms with Crippen molar-refractivity contribution in [2.24, 2.45) is 0 Å². The number of aromatic carboxylic acids is 1. The minimum Gasteiger partial charge on any atom is -0.488 e. The largest absolute Gasteiger partial charge is 0.488 e. The predicted molar refractivity (Wildman–Crippen MR) is 79.1 cm³/mol. The topological polar surface area (TPSA) is 68.7 Å². The average molecular weight is 305 g/mol. The molecule has 1 atom stereocenters. The Morgan fingerprint density at radius 3 is 2.81 bits per heavy atom. The fraction of sp³-hybridized carbons (Fsp3) is 0.333. The summed E-state index contributed by atoms with van der Waals surface area (Å²) in [4.78, 5) is 16.0. The van der Waals surface area contributed by atoms with Crippen molar-refractivity contribution in [1.29, 1.82) is 0 Å². The highest BCUT2D eigenvalue weighted by Gasteiger charge is 2.19. The quantitative estimate of drug-likeness (QED) is 0.940. The monoisotopic (exact) mass is 305 g/mol. The summed E-state index contributed by atoms with van der Waals surface area (Å²) in [6, 6.07) is 7.44. The first-order valence-electron chi connectivity index (χ1n) is 6.69. The molecule has 0 bridgehead atoms. The van der Waals surface area contributed by atoms with Crippen LogP contribution in [0.4, 0.5) is 0 Å². The minimum absolute atomic E-state index is 0.107.